The smallest absolute Gasteiger partial charge is 0.138 e. The van der Waals surface area contributed by atoms with Gasteiger partial charge in [0.1, 0.15) is 17.5 Å². The fraction of sp³-hybridized carbons (Fsp3) is 0.444. The van der Waals surface area contributed by atoms with Gasteiger partial charge in [-0.15, -0.1) is 0 Å². The first-order valence-electron chi connectivity index (χ1n) is 7.58. The highest BCUT2D eigenvalue weighted by atomic mass is 17.2. The van der Waals surface area contributed by atoms with E-state index in [4.69, 9.17) is 15.0 Å². The van der Waals surface area contributed by atoms with Crippen LogP contribution in [0.15, 0.2) is 30.3 Å². The number of hydrogen-bond acceptors (Lipinski definition) is 4. The Morgan fingerprint density at radius 2 is 2.09 bits per heavy atom. The van der Waals surface area contributed by atoms with Crippen molar-refractivity contribution in [2.75, 3.05) is 0 Å². The van der Waals surface area contributed by atoms with E-state index in [0.717, 1.165) is 12.0 Å². The zero-order valence-electron chi connectivity index (χ0n) is 12.8. The first-order valence-corrected chi connectivity index (χ1v) is 7.58. The Morgan fingerprint density at radius 1 is 1.36 bits per heavy atom. The molecule has 2 fully saturated rings. The van der Waals surface area contributed by atoms with Crippen LogP contribution in [0.2, 0.25) is 0 Å². The van der Waals surface area contributed by atoms with Crippen LogP contribution in [0.25, 0.3) is 6.08 Å². The van der Waals surface area contributed by atoms with Crippen molar-refractivity contribution in [2.45, 2.75) is 38.4 Å². The lowest BCUT2D eigenvalue weighted by Gasteiger charge is -2.45. The summed E-state index contributed by atoms with van der Waals surface area (Å²) in [6.45, 7) is 3.86. The van der Waals surface area contributed by atoms with E-state index in [1.807, 2.05) is 38.1 Å². The summed E-state index contributed by atoms with van der Waals surface area (Å²) < 4.78 is 0. The molecule has 1 aliphatic heterocycles. The van der Waals surface area contributed by atoms with Gasteiger partial charge in [0.2, 0.25) is 0 Å². The number of Topliss-reactive ketones (excluding diaryl/α,β-unsaturated/α-hetero) is 1. The fourth-order valence-corrected chi connectivity index (χ4v) is 3.09. The van der Waals surface area contributed by atoms with E-state index < -0.39 is 5.60 Å². The van der Waals surface area contributed by atoms with E-state index in [-0.39, 0.29) is 23.7 Å². The maximum Gasteiger partial charge on any atom is 0.138 e. The normalized spacial score (nSPS) is 34.6. The van der Waals surface area contributed by atoms with Crippen LogP contribution in [0.1, 0.15) is 37.8 Å². The molecule has 1 aromatic rings. The molecule has 3 rings (SSSR count). The number of ketones is 1. The van der Waals surface area contributed by atoms with E-state index >= 15 is 0 Å². The van der Waals surface area contributed by atoms with Crippen molar-refractivity contribution in [1.82, 2.24) is 0 Å². The fourth-order valence-electron chi connectivity index (χ4n) is 3.09. The van der Waals surface area contributed by atoms with Crippen LogP contribution in [0.3, 0.4) is 0 Å². The Labute approximate surface area is 130 Å². The van der Waals surface area contributed by atoms with Crippen LogP contribution in [-0.2, 0) is 14.6 Å². The van der Waals surface area contributed by atoms with Gasteiger partial charge in [-0.3, -0.25) is 4.79 Å². The van der Waals surface area contributed by atoms with Crippen LogP contribution in [-0.4, -0.2) is 17.5 Å². The van der Waals surface area contributed by atoms with E-state index in [1.165, 1.54) is 0 Å². The second kappa shape index (κ2) is 5.68. The van der Waals surface area contributed by atoms with Gasteiger partial charge in [-0.2, -0.15) is 5.26 Å². The lowest BCUT2D eigenvalue weighted by Crippen LogP contribution is -2.51. The van der Waals surface area contributed by atoms with Crippen molar-refractivity contribution in [3.05, 3.63) is 41.5 Å². The summed E-state index contributed by atoms with van der Waals surface area (Å²) in [5.41, 5.74) is 1.02. The molecule has 4 atom stereocenters. The average molecular weight is 297 g/mol. The molecule has 0 aromatic heterocycles. The van der Waals surface area contributed by atoms with Gasteiger partial charge in [-0.05, 0) is 37.1 Å². The number of carbonyl (C=O) groups is 1. The second-order valence-electron chi connectivity index (χ2n) is 6.36. The average Bonchev–Trinajstić information content (AvgIpc) is 2.54. The highest BCUT2D eigenvalue weighted by molar-refractivity contribution is 5.82. The molecule has 4 heteroatoms. The van der Waals surface area contributed by atoms with Gasteiger partial charge >= 0.3 is 0 Å². The molecule has 2 bridgehead atoms. The molecule has 114 valence electrons. The quantitative estimate of drug-likeness (QED) is 0.786. The maximum atomic E-state index is 12.0. The minimum Gasteiger partial charge on any atom is -0.299 e. The zero-order chi connectivity index (χ0) is 15.7. The predicted octanol–water partition coefficient (Wildman–Crippen LogP) is 3.28. The minimum atomic E-state index is -0.597. The van der Waals surface area contributed by atoms with Crippen LogP contribution in [0.5, 0.6) is 0 Å². The number of fused-ring (bicyclic) bond motifs is 2. The molecular weight excluding hydrogens is 278 g/mol. The SMILES string of the molecule is C[C@@H]1C(=O)C[C@H]2C[C@@H]1OO[C@@]2(C)C=Cc1ccc(C#N)cc1. The van der Waals surface area contributed by atoms with Crippen molar-refractivity contribution in [2.24, 2.45) is 11.8 Å². The Hall–Kier alpha value is -1.96. The molecule has 1 aliphatic carbocycles. The van der Waals surface area contributed by atoms with E-state index in [1.54, 1.807) is 12.1 Å². The lowest BCUT2D eigenvalue weighted by molar-refractivity contribution is -0.415. The number of hydrogen-bond donors (Lipinski definition) is 0. The highest BCUT2D eigenvalue weighted by Gasteiger charge is 2.48. The van der Waals surface area contributed by atoms with E-state index in [2.05, 4.69) is 6.07 Å². The summed E-state index contributed by atoms with van der Waals surface area (Å²) in [4.78, 5) is 23.1. The van der Waals surface area contributed by atoms with Gasteiger partial charge < -0.3 is 0 Å². The molecule has 2 aliphatic rings. The Morgan fingerprint density at radius 3 is 2.77 bits per heavy atom. The second-order valence-corrected chi connectivity index (χ2v) is 6.36. The number of rotatable bonds is 2. The van der Waals surface area contributed by atoms with Crippen molar-refractivity contribution in [1.29, 1.82) is 5.26 Å². The van der Waals surface area contributed by atoms with E-state index in [0.29, 0.717) is 12.0 Å². The zero-order valence-corrected chi connectivity index (χ0v) is 12.8. The summed E-state index contributed by atoms with van der Waals surface area (Å²) in [5, 5.41) is 8.81. The minimum absolute atomic E-state index is 0.0803. The molecule has 1 saturated carbocycles. The number of benzene rings is 1. The first-order chi connectivity index (χ1) is 10.5. The van der Waals surface area contributed by atoms with Gasteiger partial charge in [0.25, 0.3) is 0 Å². The summed E-state index contributed by atoms with van der Waals surface area (Å²) in [6, 6.07) is 9.43. The molecule has 1 aromatic carbocycles. The molecule has 0 radical (unpaired) electrons. The molecule has 0 N–H and O–H groups in total. The largest absolute Gasteiger partial charge is 0.299 e. The number of carbonyl (C=O) groups excluding carboxylic acids is 1. The molecule has 0 unspecified atom stereocenters. The van der Waals surface area contributed by atoms with Gasteiger partial charge in [0.05, 0.1) is 11.6 Å². The Bertz CT molecular complexity index is 643. The van der Waals surface area contributed by atoms with Crippen LogP contribution in [0.4, 0.5) is 0 Å². The van der Waals surface area contributed by atoms with Crippen LogP contribution < -0.4 is 0 Å². The third-order valence-electron chi connectivity index (χ3n) is 4.84. The lowest BCUT2D eigenvalue weighted by atomic mass is 9.71. The first kappa shape index (κ1) is 15.0. The summed E-state index contributed by atoms with van der Waals surface area (Å²) in [5.74, 6) is 0.315. The van der Waals surface area contributed by atoms with E-state index in [9.17, 15) is 4.79 Å². The predicted molar refractivity (Wildman–Crippen MR) is 81.4 cm³/mol. The van der Waals surface area contributed by atoms with Crippen LogP contribution >= 0.6 is 0 Å². The molecule has 1 saturated heterocycles. The molecule has 22 heavy (non-hydrogen) atoms. The van der Waals surface area contributed by atoms with Gasteiger partial charge in [-0.25, -0.2) is 9.78 Å². The third kappa shape index (κ3) is 2.70. The summed E-state index contributed by atoms with van der Waals surface area (Å²) >= 11 is 0. The van der Waals surface area contributed by atoms with Crippen molar-refractivity contribution >= 4 is 11.9 Å². The Balaban J connectivity index is 1.77. The molecule has 1 heterocycles. The number of nitrogens with zero attached hydrogens (tertiary/aromatic N) is 1. The molecular formula is C18H19NO3. The van der Waals surface area contributed by atoms with Gasteiger partial charge in [-0.1, -0.05) is 25.1 Å². The van der Waals surface area contributed by atoms with Crippen molar-refractivity contribution in [3.8, 4) is 6.07 Å². The molecule has 4 nitrogen and oxygen atoms in total. The van der Waals surface area contributed by atoms with Crippen molar-refractivity contribution < 1.29 is 14.6 Å². The monoisotopic (exact) mass is 297 g/mol. The Kier molecular flexibility index (Phi) is 3.86. The summed E-state index contributed by atoms with van der Waals surface area (Å²) in [6.07, 6.45) is 5.17. The van der Waals surface area contributed by atoms with Crippen LogP contribution in [0, 0.1) is 23.2 Å². The van der Waals surface area contributed by atoms with Gasteiger partial charge in [0.15, 0.2) is 0 Å². The molecule has 0 amide bonds. The van der Waals surface area contributed by atoms with Crippen molar-refractivity contribution in [3.63, 3.8) is 0 Å². The third-order valence-corrected chi connectivity index (χ3v) is 4.84. The highest BCUT2D eigenvalue weighted by Crippen LogP contribution is 2.42. The summed E-state index contributed by atoms with van der Waals surface area (Å²) in [7, 11) is 0. The van der Waals surface area contributed by atoms with Gasteiger partial charge in [0, 0.05) is 18.3 Å². The number of nitriles is 1. The maximum absolute atomic E-state index is 12.0. The topological polar surface area (TPSA) is 59.3 Å². The standard InChI is InChI=1S/C18H19NO3/c1-12-16(20)9-15-10-17(12)21-22-18(15,2)8-7-13-3-5-14(11-19)6-4-13/h3-8,12,15,17H,9-10H2,1-2H3/t12-,15+,17+,18+/m1/s1. The molecule has 0 spiro atoms.